The molecule has 23 heavy (non-hydrogen) atoms. The molecular weight excluding hydrogens is 316 g/mol. The molecule has 0 bridgehead atoms. The number of Topliss-reactive ketones (excluding diaryl/α,β-unsaturated/α-hetero) is 1. The lowest BCUT2D eigenvalue weighted by Crippen LogP contribution is -2.24. The van der Waals surface area contributed by atoms with Crippen molar-refractivity contribution < 1.29 is 13.2 Å². The standard InChI is InChI=1S/C15H14N4O3S/c1-11(20)12-5-7-13(8-6-12)23(21,22)16-10-15-18-17-14-4-2-3-9-19(14)15/h2-9,16H,10H2,1H3. The molecule has 1 aromatic carbocycles. The number of hydrogen-bond donors (Lipinski definition) is 1. The van der Waals surface area contributed by atoms with Crippen molar-refractivity contribution in [3.63, 3.8) is 0 Å². The van der Waals surface area contributed by atoms with Crippen LogP contribution >= 0.6 is 0 Å². The van der Waals surface area contributed by atoms with Gasteiger partial charge in [0.2, 0.25) is 10.0 Å². The first-order chi connectivity index (χ1) is 11.0. The molecule has 7 nitrogen and oxygen atoms in total. The second-order valence-corrected chi connectivity index (χ2v) is 6.72. The molecule has 3 rings (SSSR count). The molecule has 1 N–H and O–H groups in total. The molecule has 8 heteroatoms. The first kappa shape index (κ1) is 15.3. The highest BCUT2D eigenvalue weighted by molar-refractivity contribution is 7.89. The Hall–Kier alpha value is -2.58. The minimum absolute atomic E-state index is 0.0158. The van der Waals surface area contributed by atoms with Crippen molar-refractivity contribution in [2.24, 2.45) is 0 Å². The van der Waals surface area contributed by atoms with Gasteiger partial charge in [-0.2, -0.15) is 0 Å². The molecule has 0 aliphatic carbocycles. The van der Waals surface area contributed by atoms with Crippen LogP contribution in [-0.2, 0) is 16.6 Å². The maximum Gasteiger partial charge on any atom is 0.240 e. The van der Waals surface area contributed by atoms with Crippen LogP contribution < -0.4 is 4.72 Å². The van der Waals surface area contributed by atoms with Crippen LogP contribution in [0.3, 0.4) is 0 Å². The van der Waals surface area contributed by atoms with E-state index in [0.717, 1.165) is 0 Å². The molecule has 0 aliphatic rings. The van der Waals surface area contributed by atoms with E-state index in [1.54, 1.807) is 16.7 Å². The zero-order valence-electron chi connectivity index (χ0n) is 12.3. The SMILES string of the molecule is CC(=O)c1ccc(S(=O)(=O)NCc2nnc3ccccn23)cc1. The Bertz CT molecular complexity index is 962. The van der Waals surface area contributed by atoms with E-state index in [0.29, 0.717) is 17.0 Å². The zero-order valence-corrected chi connectivity index (χ0v) is 13.1. The Morgan fingerprint density at radius 1 is 1.13 bits per heavy atom. The van der Waals surface area contributed by atoms with Crippen molar-refractivity contribution in [3.05, 3.63) is 60.0 Å². The third kappa shape index (κ3) is 3.13. The van der Waals surface area contributed by atoms with Gasteiger partial charge in [0.05, 0.1) is 11.4 Å². The summed E-state index contributed by atoms with van der Waals surface area (Å²) < 4.78 is 28.8. The molecule has 3 aromatic rings. The fourth-order valence-electron chi connectivity index (χ4n) is 2.12. The van der Waals surface area contributed by atoms with Crippen LogP contribution in [-0.4, -0.2) is 28.8 Å². The third-order valence-electron chi connectivity index (χ3n) is 3.38. The fraction of sp³-hybridized carbons (Fsp3) is 0.133. The first-order valence-electron chi connectivity index (χ1n) is 6.87. The number of rotatable bonds is 5. The molecule has 0 saturated carbocycles. The second-order valence-electron chi connectivity index (χ2n) is 4.95. The monoisotopic (exact) mass is 330 g/mol. The van der Waals surface area contributed by atoms with Crippen molar-refractivity contribution >= 4 is 21.5 Å². The Labute approximate surface area is 133 Å². The van der Waals surface area contributed by atoms with Gasteiger partial charge in [0.25, 0.3) is 0 Å². The Morgan fingerprint density at radius 2 is 1.87 bits per heavy atom. The number of ketones is 1. The van der Waals surface area contributed by atoms with E-state index in [4.69, 9.17) is 0 Å². The van der Waals surface area contributed by atoms with Crippen molar-refractivity contribution in [2.45, 2.75) is 18.4 Å². The van der Waals surface area contributed by atoms with Crippen LogP contribution in [0, 0.1) is 0 Å². The molecule has 0 amide bonds. The van der Waals surface area contributed by atoms with Crippen molar-refractivity contribution in [2.75, 3.05) is 0 Å². The molecule has 0 spiro atoms. The van der Waals surface area contributed by atoms with Crippen molar-refractivity contribution in [1.82, 2.24) is 19.3 Å². The summed E-state index contributed by atoms with van der Waals surface area (Å²) in [7, 11) is -3.69. The van der Waals surface area contributed by atoms with Gasteiger partial charge in [-0.15, -0.1) is 10.2 Å². The van der Waals surface area contributed by atoms with Crippen molar-refractivity contribution in [1.29, 1.82) is 0 Å². The largest absolute Gasteiger partial charge is 0.295 e. The molecule has 0 fully saturated rings. The molecule has 2 aromatic heterocycles. The van der Waals surface area contributed by atoms with Gasteiger partial charge in [0.15, 0.2) is 17.3 Å². The number of nitrogens with one attached hydrogen (secondary N) is 1. The zero-order chi connectivity index (χ0) is 16.4. The van der Waals surface area contributed by atoms with E-state index in [2.05, 4.69) is 14.9 Å². The summed E-state index contributed by atoms with van der Waals surface area (Å²) in [5.74, 6) is 0.376. The maximum atomic E-state index is 12.3. The van der Waals surface area contributed by atoms with Gasteiger partial charge in [-0.1, -0.05) is 18.2 Å². The quantitative estimate of drug-likeness (QED) is 0.714. The molecule has 0 saturated heterocycles. The van der Waals surface area contributed by atoms with E-state index in [-0.39, 0.29) is 17.2 Å². The maximum absolute atomic E-state index is 12.3. The summed E-state index contributed by atoms with van der Waals surface area (Å²) in [6.45, 7) is 1.44. The van der Waals surface area contributed by atoms with Crippen LogP contribution in [0.5, 0.6) is 0 Å². The van der Waals surface area contributed by atoms with E-state index >= 15 is 0 Å². The topological polar surface area (TPSA) is 93.4 Å². The highest BCUT2D eigenvalue weighted by atomic mass is 32.2. The van der Waals surface area contributed by atoms with Crippen LogP contribution in [0.25, 0.3) is 5.65 Å². The number of carbonyl (C=O) groups excluding carboxylic acids is 1. The fourth-order valence-corrected chi connectivity index (χ4v) is 3.10. The minimum atomic E-state index is -3.69. The predicted octanol–water partition coefficient (Wildman–Crippen LogP) is 1.41. The van der Waals surface area contributed by atoms with Gasteiger partial charge in [-0.25, -0.2) is 13.1 Å². The van der Waals surface area contributed by atoms with Crippen LogP contribution in [0.15, 0.2) is 53.6 Å². The highest BCUT2D eigenvalue weighted by Crippen LogP contribution is 2.12. The van der Waals surface area contributed by atoms with Crippen LogP contribution in [0.2, 0.25) is 0 Å². The number of aromatic nitrogens is 3. The van der Waals surface area contributed by atoms with E-state index in [9.17, 15) is 13.2 Å². The number of benzene rings is 1. The van der Waals surface area contributed by atoms with Crippen LogP contribution in [0.4, 0.5) is 0 Å². The smallest absolute Gasteiger partial charge is 0.240 e. The average Bonchev–Trinajstić information content (AvgIpc) is 2.96. The molecular formula is C15H14N4O3S. The summed E-state index contributed by atoms with van der Waals surface area (Å²) >= 11 is 0. The van der Waals surface area contributed by atoms with Gasteiger partial charge >= 0.3 is 0 Å². The Kier molecular flexibility index (Phi) is 3.93. The van der Waals surface area contributed by atoms with Gasteiger partial charge in [0, 0.05) is 11.8 Å². The molecule has 118 valence electrons. The number of hydrogen-bond acceptors (Lipinski definition) is 5. The van der Waals surface area contributed by atoms with E-state index in [1.165, 1.54) is 31.2 Å². The first-order valence-corrected chi connectivity index (χ1v) is 8.35. The Balaban J connectivity index is 1.80. The van der Waals surface area contributed by atoms with E-state index in [1.807, 2.05) is 12.1 Å². The normalized spacial score (nSPS) is 11.7. The summed E-state index contributed by atoms with van der Waals surface area (Å²) in [6, 6.07) is 11.2. The average molecular weight is 330 g/mol. The van der Waals surface area contributed by atoms with Gasteiger partial charge < -0.3 is 0 Å². The van der Waals surface area contributed by atoms with Gasteiger partial charge in [0.1, 0.15) is 0 Å². The number of sulfonamides is 1. The van der Waals surface area contributed by atoms with Crippen molar-refractivity contribution in [3.8, 4) is 0 Å². The second kappa shape index (κ2) is 5.90. The summed E-state index contributed by atoms with van der Waals surface area (Å²) in [5.41, 5.74) is 1.11. The van der Waals surface area contributed by atoms with Gasteiger partial charge in [-0.3, -0.25) is 9.20 Å². The molecule has 0 aliphatic heterocycles. The Morgan fingerprint density at radius 3 is 2.57 bits per heavy atom. The summed E-state index contributed by atoms with van der Waals surface area (Å²) in [4.78, 5) is 11.3. The minimum Gasteiger partial charge on any atom is -0.295 e. The van der Waals surface area contributed by atoms with E-state index < -0.39 is 10.0 Å². The lowest BCUT2D eigenvalue weighted by molar-refractivity contribution is 0.101. The highest BCUT2D eigenvalue weighted by Gasteiger charge is 2.15. The lowest BCUT2D eigenvalue weighted by atomic mass is 10.2. The summed E-state index contributed by atoms with van der Waals surface area (Å²) in [5, 5.41) is 7.93. The van der Waals surface area contributed by atoms with Gasteiger partial charge in [-0.05, 0) is 31.2 Å². The molecule has 0 unspecified atom stereocenters. The predicted molar refractivity (Wildman–Crippen MR) is 83.5 cm³/mol. The molecule has 0 radical (unpaired) electrons. The number of pyridine rings is 1. The lowest BCUT2D eigenvalue weighted by Gasteiger charge is -2.06. The van der Waals surface area contributed by atoms with Crippen LogP contribution in [0.1, 0.15) is 23.1 Å². The number of carbonyl (C=O) groups is 1. The number of fused-ring (bicyclic) bond motifs is 1. The summed E-state index contributed by atoms with van der Waals surface area (Å²) in [6.07, 6.45) is 1.76. The molecule has 0 atom stereocenters. The number of nitrogens with zero attached hydrogens (tertiary/aromatic N) is 3. The third-order valence-corrected chi connectivity index (χ3v) is 4.79. The molecule has 2 heterocycles.